The van der Waals surface area contributed by atoms with Gasteiger partial charge < -0.3 is 20.4 Å². The molecule has 8 heteroatoms. The van der Waals surface area contributed by atoms with Gasteiger partial charge in [-0.3, -0.25) is 4.90 Å². The number of aromatic nitrogens is 3. The van der Waals surface area contributed by atoms with Gasteiger partial charge in [0.25, 0.3) is 0 Å². The number of piperazine rings is 2. The summed E-state index contributed by atoms with van der Waals surface area (Å²) in [7, 11) is 0. The Balaban J connectivity index is 1.21. The van der Waals surface area contributed by atoms with Crippen LogP contribution < -0.4 is 20.4 Å². The van der Waals surface area contributed by atoms with Crippen molar-refractivity contribution in [3.8, 4) is 0 Å². The van der Waals surface area contributed by atoms with Gasteiger partial charge in [0, 0.05) is 65.1 Å². The second-order valence-electron chi connectivity index (χ2n) is 8.35. The molecule has 0 radical (unpaired) electrons. The van der Waals surface area contributed by atoms with Crippen molar-refractivity contribution in [3.63, 3.8) is 0 Å². The van der Waals surface area contributed by atoms with Gasteiger partial charge in [-0.2, -0.15) is 0 Å². The minimum absolute atomic E-state index is 0.690. The van der Waals surface area contributed by atoms with E-state index in [0.717, 1.165) is 76.4 Å². The van der Waals surface area contributed by atoms with Crippen LogP contribution in [0.5, 0.6) is 0 Å². The second kappa shape index (κ2) is 9.40. The first kappa shape index (κ1) is 20.5. The number of nitrogens with zero attached hydrogens (tertiary/aromatic N) is 7. The molecule has 0 spiro atoms. The van der Waals surface area contributed by atoms with Crippen LogP contribution in [0.25, 0.3) is 0 Å². The van der Waals surface area contributed by atoms with Crippen LogP contribution in [0, 0.1) is 0 Å². The van der Waals surface area contributed by atoms with Crippen LogP contribution in [0.1, 0.15) is 5.56 Å². The molecule has 166 valence electrons. The van der Waals surface area contributed by atoms with Gasteiger partial charge >= 0.3 is 0 Å². The summed E-state index contributed by atoms with van der Waals surface area (Å²) < 4.78 is 0. The summed E-state index contributed by atoms with van der Waals surface area (Å²) in [5.74, 6) is 2.74. The van der Waals surface area contributed by atoms with E-state index in [4.69, 9.17) is 5.73 Å². The second-order valence-corrected chi connectivity index (χ2v) is 8.35. The summed E-state index contributed by atoms with van der Waals surface area (Å²) in [4.78, 5) is 22.9. The van der Waals surface area contributed by atoms with Crippen molar-refractivity contribution in [1.29, 1.82) is 0 Å². The molecule has 0 unspecified atom stereocenters. The Labute approximate surface area is 189 Å². The number of nitrogen functional groups attached to an aromatic ring is 1. The molecule has 1 aromatic carbocycles. The number of benzene rings is 1. The zero-order chi connectivity index (χ0) is 21.8. The molecule has 2 fully saturated rings. The number of rotatable bonds is 5. The summed E-state index contributed by atoms with van der Waals surface area (Å²) in [6.07, 6.45) is 3.50. The van der Waals surface area contributed by atoms with Crippen molar-refractivity contribution >= 4 is 23.1 Å². The van der Waals surface area contributed by atoms with E-state index in [1.54, 1.807) is 6.33 Å². The molecule has 3 aromatic rings. The van der Waals surface area contributed by atoms with Gasteiger partial charge in [-0.05, 0) is 17.7 Å². The molecule has 2 saturated heterocycles. The van der Waals surface area contributed by atoms with Crippen LogP contribution in [0.15, 0.2) is 61.1 Å². The summed E-state index contributed by atoms with van der Waals surface area (Å²) >= 11 is 0. The highest BCUT2D eigenvalue weighted by molar-refractivity contribution is 5.76. The lowest BCUT2D eigenvalue weighted by molar-refractivity contribution is 0.249. The van der Waals surface area contributed by atoms with Crippen molar-refractivity contribution in [3.05, 3.63) is 66.6 Å². The molecule has 8 nitrogen and oxygen atoms in total. The van der Waals surface area contributed by atoms with E-state index in [-0.39, 0.29) is 0 Å². The van der Waals surface area contributed by atoms with Crippen LogP contribution in [-0.2, 0) is 6.54 Å². The molecule has 0 amide bonds. The molecule has 2 aliphatic rings. The Morgan fingerprint density at radius 2 is 1.25 bits per heavy atom. The predicted molar refractivity (Wildman–Crippen MR) is 129 cm³/mol. The van der Waals surface area contributed by atoms with E-state index >= 15 is 0 Å². The van der Waals surface area contributed by atoms with E-state index in [9.17, 15) is 0 Å². The first-order valence-electron chi connectivity index (χ1n) is 11.3. The Hall–Kier alpha value is -3.39. The van der Waals surface area contributed by atoms with E-state index in [1.807, 2.05) is 18.3 Å². The molecule has 0 bridgehead atoms. The number of nitrogens with two attached hydrogens (primary N) is 1. The van der Waals surface area contributed by atoms with Crippen LogP contribution in [-0.4, -0.2) is 72.2 Å². The molecule has 2 aromatic heterocycles. The van der Waals surface area contributed by atoms with Gasteiger partial charge in [-0.1, -0.05) is 36.4 Å². The van der Waals surface area contributed by atoms with Gasteiger partial charge in [0.05, 0.1) is 0 Å². The maximum absolute atomic E-state index is 6.60. The van der Waals surface area contributed by atoms with Gasteiger partial charge in [-0.25, -0.2) is 15.0 Å². The van der Waals surface area contributed by atoms with E-state index in [0.29, 0.717) is 5.69 Å². The highest BCUT2D eigenvalue weighted by atomic mass is 15.3. The highest BCUT2D eigenvalue weighted by Crippen LogP contribution is 2.30. The van der Waals surface area contributed by atoms with Crippen molar-refractivity contribution in [2.45, 2.75) is 6.54 Å². The average molecular weight is 431 g/mol. The zero-order valence-corrected chi connectivity index (χ0v) is 18.3. The lowest BCUT2D eigenvalue weighted by atomic mass is 10.2. The normalized spacial score (nSPS) is 17.6. The van der Waals surface area contributed by atoms with E-state index in [2.05, 4.69) is 70.9 Å². The number of pyridine rings is 1. The van der Waals surface area contributed by atoms with Crippen molar-refractivity contribution < 1.29 is 0 Å². The van der Waals surface area contributed by atoms with E-state index < -0.39 is 0 Å². The molecule has 4 heterocycles. The van der Waals surface area contributed by atoms with Gasteiger partial charge in [0.1, 0.15) is 17.8 Å². The van der Waals surface area contributed by atoms with Crippen LogP contribution in [0.2, 0.25) is 0 Å². The van der Waals surface area contributed by atoms with Gasteiger partial charge in [-0.15, -0.1) is 0 Å². The van der Waals surface area contributed by atoms with Crippen LogP contribution in [0.4, 0.5) is 23.1 Å². The van der Waals surface area contributed by atoms with Crippen molar-refractivity contribution in [2.24, 2.45) is 0 Å². The topological polar surface area (TPSA) is 77.7 Å². The minimum Gasteiger partial charge on any atom is -0.393 e. The van der Waals surface area contributed by atoms with Crippen molar-refractivity contribution in [2.75, 3.05) is 72.8 Å². The molecule has 0 atom stereocenters. The summed E-state index contributed by atoms with van der Waals surface area (Å²) in [6.45, 7) is 8.33. The largest absolute Gasteiger partial charge is 0.393 e. The van der Waals surface area contributed by atoms with Gasteiger partial charge in [0.15, 0.2) is 11.6 Å². The smallest absolute Gasteiger partial charge is 0.157 e. The molecule has 0 aliphatic carbocycles. The first-order chi connectivity index (χ1) is 15.8. The van der Waals surface area contributed by atoms with Crippen molar-refractivity contribution in [1.82, 2.24) is 19.9 Å². The molecular formula is C24H30N8. The maximum atomic E-state index is 6.60. The van der Waals surface area contributed by atoms with Gasteiger partial charge in [0.2, 0.25) is 0 Å². The average Bonchev–Trinajstić information content (AvgIpc) is 2.86. The lowest BCUT2D eigenvalue weighted by Gasteiger charge is -2.38. The quantitative estimate of drug-likeness (QED) is 0.660. The molecular weight excluding hydrogens is 400 g/mol. The predicted octanol–water partition coefficient (Wildman–Crippen LogP) is 2.10. The molecule has 2 aliphatic heterocycles. The molecule has 5 rings (SSSR count). The highest BCUT2D eigenvalue weighted by Gasteiger charge is 2.25. The SMILES string of the molecule is Nc1c(N2CCN(Cc3ccccc3)CC2)ncnc1N1CCN(c2ccccn2)CC1. The molecule has 32 heavy (non-hydrogen) atoms. The fourth-order valence-corrected chi connectivity index (χ4v) is 4.53. The number of hydrogen-bond donors (Lipinski definition) is 1. The molecule has 0 saturated carbocycles. The standard InChI is InChI=1S/C24H30N8/c25-22-23(31-12-10-29(11-13-31)18-20-6-2-1-3-7-20)27-19-28-24(22)32-16-14-30(15-17-32)21-8-4-5-9-26-21/h1-9,19H,10-18,25H2. The third-order valence-electron chi connectivity index (χ3n) is 6.32. The number of anilines is 4. The zero-order valence-electron chi connectivity index (χ0n) is 18.3. The minimum atomic E-state index is 0.690. The monoisotopic (exact) mass is 430 g/mol. The Morgan fingerprint density at radius 1 is 0.656 bits per heavy atom. The summed E-state index contributed by atoms with van der Waals surface area (Å²) in [5.41, 5.74) is 8.65. The lowest BCUT2D eigenvalue weighted by Crippen LogP contribution is -2.48. The third kappa shape index (κ3) is 4.45. The third-order valence-corrected chi connectivity index (χ3v) is 6.32. The Kier molecular flexibility index (Phi) is 6.02. The first-order valence-corrected chi connectivity index (χ1v) is 11.3. The summed E-state index contributed by atoms with van der Waals surface area (Å²) in [6, 6.07) is 16.7. The summed E-state index contributed by atoms with van der Waals surface area (Å²) in [5, 5.41) is 0. The maximum Gasteiger partial charge on any atom is 0.157 e. The van der Waals surface area contributed by atoms with Crippen LogP contribution >= 0.6 is 0 Å². The fourth-order valence-electron chi connectivity index (χ4n) is 4.53. The van der Waals surface area contributed by atoms with E-state index in [1.165, 1.54) is 5.56 Å². The molecule has 2 N–H and O–H groups in total. The number of hydrogen-bond acceptors (Lipinski definition) is 8. The fraction of sp³-hybridized carbons (Fsp3) is 0.375. The Bertz CT molecular complexity index is 997. The Morgan fingerprint density at radius 3 is 1.88 bits per heavy atom. The van der Waals surface area contributed by atoms with Crippen LogP contribution in [0.3, 0.4) is 0 Å².